The van der Waals surface area contributed by atoms with Crippen molar-refractivity contribution in [3.63, 3.8) is 0 Å². The number of rotatable bonds is 4. The van der Waals surface area contributed by atoms with E-state index in [1.54, 1.807) is 6.20 Å². The lowest BCUT2D eigenvalue weighted by Crippen LogP contribution is -2.13. The second kappa shape index (κ2) is 5.98. The minimum Gasteiger partial charge on any atom is -0.378 e. The van der Waals surface area contributed by atoms with Crippen molar-refractivity contribution >= 4 is 37.7 Å². The molecule has 1 atom stereocenters. The molecule has 1 aromatic heterocycles. The lowest BCUT2D eigenvalue weighted by Gasteiger charge is -2.11. The molecule has 0 radical (unpaired) electrons. The fourth-order valence-corrected chi connectivity index (χ4v) is 2.90. The van der Waals surface area contributed by atoms with Gasteiger partial charge in [-0.15, -0.1) is 0 Å². The summed E-state index contributed by atoms with van der Waals surface area (Å²) in [6, 6.07) is 1.99. The Labute approximate surface area is 112 Å². The molecule has 1 saturated heterocycles. The summed E-state index contributed by atoms with van der Waals surface area (Å²) in [4.78, 5) is 4.30. The van der Waals surface area contributed by atoms with Gasteiger partial charge < -0.3 is 10.1 Å². The fourth-order valence-electron chi connectivity index (χ4n) is 1.77. The molecular weight excluding hydrogens is 336 g/mol. The summed E-state index contributed by atoms with van der Waals surface area (Å²) in [6.45, 7) is 1.82. The Morgan fingerprint density at radius 2 is 2.38 bits per heavy atom. The van der Waals surface area contributed by atoms with E-state index in [4.69, 9.17) is 4.74 Å². The summed E-state index contributed by atoms with van der Waals surface area (Å²) in [5.41, 5.74) is 0. The van der Waals surface area contributed by atoms with Gasteiger partial charge in [-0.1, -0.05) is 0 Å². The number of ether oxygens (including phenoxy) is 1. The number of nitrogens with zero attached hydrogens (tertiary/aromatic N) is 1. The number of nitrogens with one attached hydrogen (secondary N) is 1. The van der Waals surface area contributed by atoms with Gasteiger partial charge in [0.1, 0.15) is 5.82 Å². The van der Waals surface area contributed by atoms with Crippen molar-refractivity contribution in [1.82, 2.24) is 4.98 Å². The van der Waals surface area contributed by atoms with Crippen LogP contribution in [-0.4, -0.2) is 24.2 Å². The molecule has 1 fully saturated rings. The Balaban J connectivity index is 1.80. The third-order valence-corrected chi connectivity index (χ3v) is 3.63. The highest BCUT2D eigenvalue weighted by atomic mass is 79.9. The van der Waals surface area contributed by atoms with Crippen LogP contribution >= 0.6 is 31.9 Å². The zero-order valence-electron chi connectivity index (χ0n) is 8.88. The van der Waals surface area contributed by atoms with Crippen LogP contribution in [0.4, 0.5) is 5.82 Å². The van der Waals surface area contributed by atoms with E-state index in [0.717, 1.165) is 34.3 Å². The van der Waals surface area contributed by atoms with Gasteiger partial charge in [0.25, 0.3) is 0 Å². The summed E-state index contributed by atoms with van der Waals surface area (Å²) in [5, 5.41) is 3.31. The second-order valence-corrected chi connectivity index (χ2v) is 5.60. The van der Waals surface area contributed by atoms with Crippen molar-refractivity contribution in [2.75, 3.05) is 18.5 Å². The standard InChI is InChI=1S/C11H14Br2N2O/c12-8-6-10(13)11(15-7-8)14-4-3-9-2-1-5-16-9/h6-7,9H,1-5H2,(H,14,15). The summed E-state index contributed by atoms with van der Waals surface area (Å²) in [7, 11) is 0. The van der Waals surface area contributed by atoms with Crippen LogP contribution in [0, 0.1) is 0 Å². The van der Waals surface area contributed by atoms with Crippen LogP contribution in [0.5, 0.6) is 0 Å². The first kappa shape index (κ1) is 12.3. The number of hydrogen-bond acceptors (Lipinski definition) is 3. The Hall–Kier alpha value is -0.130. The molecule has 0 bridgehead atoms. The van der Waals surface area contributed by atoms with Crippen LogP contribution in [0.2, 0.25) is 0 Å². The van der Waals surface area contributed by atoms with Gasteiger partial charge in [0.15, 0.2) is 0 Å². The predicted molar refractivity (Wildman–Crippen MR) is 71.7 cm³/mol. The average Bonchev–Trinajstić information content (AvgIpc) is 2.74. The molecule has 16 heavy (non-hydrogen) atoms. The number of aromatic nitrogens is 1. The van der Waals surface area contributed by atoms with E-state index in [2.05, 4.69) is 42.2 Å². The lowest BCUT2D eigenvalue weighted by atomic mass is 10.2. The molecule has 0 saturated carbocycles. The molecule has 0 aromatic carbocycles. The van der Waals surface area contributed by atoms with Crippen molar-refractivity contribution in [3.05, 3.63) is 21.2 Å². The molecule has 2 heterocycles. The second-order valence-electron chi connectivity index (χ2n) is 3.83. The number of anilines is 1. The van der Waals surface area contributed by atoms with Crippen LogP contribution in [0.1, 0.15) is 19.3 Å². The summed E-state index contributed by atoms with van der Waals surface area (Å²) < 4.78 is 7.52. The predicted octanol–water partition coefficient (Wildman–Crippen LogP) is 3.59. The molecule has 2 rings (SSSR count). The van der Waals surface area contributed by atoms with Crippen LogP contribution in [-0.2, 0) is 4.74 Å². The van der Waals surface area contributed by atoms with E-state index in [1.165, 1.54) is 12.8 Å². The van der Waals surface area contributed by atoms with Gasteiger partial charge in [0.2, 0.25) is 0 Å². The van der Waals surface area contributed by atoms with Crippen molar-refractivity contribution in [1.29, 1.82) is 0 Å². The minimum absolute atomic E-state index is 0.432. The summed E-state index contributed by atoms with van der Waals surface area (Å²) in [5.74, 6) is 0.890. The first-order valence-corrected chi connectivity index (χ1v) is 7.01. The van der Waals surface area contributed by atoms with Gasteiger partial charge in [0, 0.05) is 23.8 Å². The highest BCUT2D eigenvalue weighted by Gasteiger charge is 2.14. The maximum Gasteiger partial charge on any atom is 0.140 e. The largest absolute Gasteiger partial charge is 0.378 e. The molecule has 0 spiro atoms. The molecule has 5 heteroatoms. The van der Waals surface area contributed by atoms with Gasteiger partial charge in [-0.25, -0.2) is 4.98 Å². The molecular formula is C11H14Br2N2O. The quantitative estimate of drug-likeness (QED) is 0.901. The molecule has 0 amide bonds. The van der Waals surface area contributed by atoms with E-state index in [9.17, 15) is 0 Å². The van der Waals surface area contributed by atoms with Crippen molar-refractivity contribution < 1.29 is 4.74 Å². The topological polar surface area (TPSA) is 34.2 Å². The van der Waals surface area contributed by atoms with Gasteiger partial charge >= 0.3 is 0 Å². The highest BCUT2D eigenvalue weighted by Crippen LogP contribution is 2.23. The van der Waals surface area contributed by atoms with Gasteiger partial charge in [-0.3, -0.25) is 0 Å². The van der Waals surface area contributed by atoms with E-state index < -0.39 is 0 Å². The van der Waals surface area contributed by atoms with E-state index in [1.807, 2.05) is 6.07 Å². The van der Waals surface area contributed by atoms with E-state index in [-0.39, 0.29) is 0 Å². The highest BCUT2D eigenvalue weighted by molar-refractivity contribution is 9.11. The monoisotopic (exact) mass is 348 g/mol. The maximum absolute atomic E-state index is 5.56. The van der Waals surface area contributed by atoms with Crippen LogP contribution in [0.3, 0.4) is 0 Å². The minimum atomic E-state index is 0.432. The fraction of sp³-hybridized carbons (Fsp3) is 0.545. The first-order chi connectivity index (χ1) is 7.75. The Kier molecular flexibility index (Phi) is 4.61. The Bertz CT molecular complexity index is 354. The Morgan fingerprint density at radius 1 is 1.50 bits per heavy atom. The molecule has 3 nitrogen and oxygen atoms in total. The van der Waals surface area contributed by atoms with Gasteiger partial charge in [-0.05, 0) is 57.2 Å². The molecule has 88 valence electrons. The molecule has 1 aliphatic rings. The molecule has 1 N–H and O–H groups in total. The summed E-state index contributed by atoms with van der Waals surface area (Å²) in [6.07, 6.45) is 5.66. The molecule has 0 aliphatic carbocycles. The number of hydrogen-bond donors (Lipinski definition) is 1. The number of pyridine rings is 1. The third-order valence-electron chi connectivity index (χ3n) is 2.59. The average molecular weight is 350 g/mol. The van der Waals surface area contributed by atoms with Gasteiger partial charge in [0.05, 0.1) is 10.6 Å². The van der Waals surface area contributed by atoms with Crippen molar-refractivity contribution in [2.24, 2.45) is 0 Å². The lowest BCUT2D eigenvalue weighted by molar-refractivity contribution is 0.107. The van der Waals surface area contributed by atoms with Crippen LogP contribution < -0.4 is 5.32 Å². The molecule has 1 aliphatic heterocycles. The SMILES string of the molecule is Brc1cnc(NCCC2CCCO2)c(Br)c1. The van der Waals surface area contributed by atoms with E-state index in [0.29, 0.717) is 6.10 Å². The maximum atomic E-state index is 5.56. The zero-order chi connectivity index (χ0) is 11.4. The van der Waals surface area contributed by atoms with Crippen molar-refractivity contribution in [3.8, 4) is 0 Å². The smallest absolute Gasteiger partial charge is 0.140 e. The zero-order valence-corrected chi connectivity index (χ0v) is 12.1. The molecule has 1 unspecified atom stereocenters. The Morgan fingerprint density at radius 3 is 3.06 bits per heavy atom. The van der Waals surface area contributed by atoms with E-state index >= 15 is 0 Å². The van der Waals surface area contributed by atoms with Gasteiger partial charge in [-0.2, -0.15) is 0 Å². The third kappa shape index (κ3) is 3.43. The summed E-state index contributed by atoms with van der Waals surface area (Å²) >= 11 is 6.85. The number of halogens is 2. The van der Waals surface area contributed by atoms with Crippen molar-refractivity contribution in [2.45, 2.75) is 25.4 Å². The van der Waals surface area contributed by atoms with Crippen LogP contribution in [0.25, 0.3) is 0 Å². The first-order valence-electron chi connectivity index (χ1n) is 5.42. The van der Waals surface area contributed by atoms with Crippen LogP contribution in [0.15, 0.2) is 21.2 Å². The molecule has 1 aromatic rings. The normalized spacial score (nSPS) is 20.0.